The first-order valence-corrected chi connectivity index (χ1v) is 10.6. The number of nitrogens with zero attached hydrogens (tertiary/aromatic N) is 3. The highest BCUT2D eigenvalue weighted by Crippen LogP contribution is 2.32. The summed E-state index contributed by atoms with van der Waals surface area (Å²) < 4.78 is 3.31. The van der Waals surface area contributed by atoms with Gasteiger partial charge in [-0.25, -0.2) is 0 Å². The largest absolute Gasteiger partial charge is 0.507 e. The Kier molecular flexibility index (Phi) is 6.46. The van der Waals surface area contributed by atoms with Crippen LogP contribution in [-0.4, -0.2) is 31.5 Å². The first-order chi connectivity index (χ1) is 12.8. The second-order valence-corrected chi connectivity index (χ2v) is 8.61. The van der Waals surface area contributed by atoms with E-state index in [9.17, 15) is 9.90 Å². The van der Waals surface area contributed by atoms with Crippen LogP contribution in [0.2, 0.25) is 5.02 Å². The van der Waals surface area contributed by atoms with Crippen molar-refractivity contribution in [3.8, 4) is 17.1 Å². The zero-order valence-corrected chi connectivity index (χ0v) is 18.7. The molecule has 0 bridgehead atoms. The number of thioether (sulfide) groups is 1. The van der Waals surface area contributed by atoms with E-state index >= 15 is 0 Å². The number of hydrogen-bond donors (Lipinski definition) is 2. The lowest BCUT2D eigenvalue weighted by atomic mass is 10.2. The van der Waals surface area contributed by atoms with Crippen molar-refractivity contribution in [1.29, 1.82) is 0 Å². The highest BCUT2D eigenvalue weighted by atomic mass is 79.9. The number of nitrogens with one attached hydrogen (secondary N) is 1. The predicted molar refractivity (Wildman–Crippen MR) is 114 cm³/mol. The third kappa shape index (κ3) is 4.84. The molecule has 1 aromatic heterocycles. The van der Waals surface area contributed by atoms with Crippen molar-refractivity contribution >= 4 is 66.8 Å². The number of amides is 1. The maximum absolute atomic E-state index is 12.2. The van der Waals surface area contributed by atoms with Gasteiger partial charge in [-0.05, 0) is 52.3 Å². The topological polar surface area (TPSA) is 80.0 Å². The number of phenolic OH excluding ortho intramolecular Hbond substituents is 1. The van der Waals surface area contributed by atoms with E-state index in [-0.39, 0.29) is 17.4 Å². The molecule has 0 radical (unpaired) electrons. The Bertz CT molecular complexity index is 1010. The summed E-state index contributed by atoms with van der Waals surface area (Å²) in [6, 6.07) is 10.3. The summed E-state index contributed by atoms with van der Waals surface area (Å²) in [5.74, 6) is 0.587. The average Bonchev–Trinajstić information content (AvgIpc) is 2.99. The summed E-state index contributed by atoms with van der Waals surface area (Å²) in [6.45, 7) is 0. The summed E-state index contributed by atoms with van der Waals surface area (Å²) in [7, 11) is 1.78. The van der Waals surface area contributed by atoms with Gasteiger partial charge in [0, 0.05) is 21.7 Å². The molecule has 1 heterocycles. The molecule has 0 atom stereocenters. The summed E-state index contributed by atoms with van der Waals surface area (Å²) in [5.41, 5.74) is 1.17. The van der Waals surface area contributed by atoms with Crippen LogP contribution in [-0.2, 0) is 11.8 Å². The summed E-state index contributed by atoms with van der Waals surface area (Å²) in [5, 5.41) is 22.2. The smallest absolute Gasteiger partial charge is 0.234 e. The van der Waals surface area contributed by atoms with Crippen molar-refractivity contribution in [3.05, 3.63) is 50.4 Å². The molecule has 10 heteroatoms. The van der Waals surface area contributed by atoms with Gasteiger partial charge in [-0.3, -0.25) is 4.79 Å². The second-order valence-electron chi connectivity index (χ2n) is 5.49. The van der Waals surface area contributed by atoms with Gasteiger partial charge in [0.2, 0.25) is 5.91 Å². The third-order valence-corrected chi connectivity index (χ3v) is 6.32. The van der Waals surface area contributed by atoms with Crippen LogP contribution in [0.15, 0.2) is 50.5 Å². The number of rotatable bonds is 5. The van der Waals surface area contributed by atoms with Gasteiger partial charge in [-0.1, -0.05) is 39.3 Å². The normalized spacial score (nSPS) is 10.8. The molecule has 0 spiro atoms. The Hall–Kier alpha value is -1.55. The van der Waals surface area contributed by atoms with Crippen molar-refractivity contribution in [2.24, 2.45) is 7.05 Å². The lowest BCUT2D eigenvalue weighted by Crippen LogP contribution is -2.14. The molecule has 0 aliphatic rings. The second kappa shape index (κ2) is 8.64. The third-order valence-electron chi connectivity index (χ3n) is 3.57. The van der Waals surface area contributed by atoms with E-state index in [1.165, 1.54) is 11.8 Å². The van der Waals surface area contributed by atoms with Gasteiger partial charge in [0.1, 0.15) is 5.75 Å². The maximum atomic E-state index is 12.2. The lowest BCUT2D eigenvalue weighted by Gasteiger charge is -2.07. The molecule has 0 aliphatic carbocycles. The lowest BCUT2D eigenvalue weighted by molar-refractivity contribution is -0.113. The number of aromatic nitrogens is 3. The Balaban J connectivity index is 1.68. The number of anilines is 1. The molecule has 0 fully saturated rings. The van der Waals surface area contributed by atoms with E-state index in [0.717, 1.165) is 8.95 Å². The molecule has 0 saturated carbocycles. The average molecular weight is 533 g/mol. The molecule has 3 rings (SSSR count). The first-order valence-electron chi connectivity index (χ1n) is 7.61. The highest BCUT2D eigenvalue weighted by Gasteiger charge is 2.16. The molecule has 6 nitrogen and oxygen atoms in total. The van der Waals surface area contributed by atoms with Gasteiger partial charge in [0.25, 0.3) is 0 Å². The minimum Gasteiger partial charge on any atom is -0.507 e. The van der Waals surface area contributed by atoms with E-state index < -0.39 is 0 Å². The fourth-order valence-corrected chi connectivity index (χ4v) is 3.76. The number of phenols is 1. The summed E-state index contributed by atoms with van der Waals surface area (Å²) >= 11 is 14.0. The van der Waals surface area contributed by atoms with Gasteiger partial charge in [-0.15, -0.1) is 10.2 Å². The molecular formula is C17H13Br2ClN4O2S. The number of hydrogen-bond acceptors (Lipinski definition) is 5. The number of carbonyl (C=O) groups is 1. The van der Waals surface area contributed by atoms with Crippen molar-refractivity contribution in [1.82, 2.24) is 14.8 Å². The van der Waals surface area contributed by atoms with Crippen LogP contribution in [0.25, 0.3) is 11.4 Å². The molecule has 0 unspecified atom stereocenters. The van der Waals surface area contributed by atoms with Gasteiger partial charge < -0.3 is 15.0 Å². The highest BCUT2D eigenvalue weighted by molar-refractivity contribution is 9.10. The van der Waals surface area contributed by atoms with E-state index in [1.54, 1.807) is 48.0 Å². The van der Waals surface area contributed by atoms with Crippen LogP contribution in [0, 0.1) is 0 Å². The van der Waals surface area contributed by atoms with Crippen LogP contribution in [0.3, 0.4) is 0 Å². The molecule has 140 valence electrons. The Labute approximate surface area is 181 Å². The van der Waals surface area contributed by atoms with Crippen LogP contribution in [0.1, 0.15) is 0 Å². The van der Waals surface area contributed by atoms with Crippen molar-refractivity contribution in [2.45, 2.75) is 5.16 Å². The van der Waals surface area contributed by atoms with Gasteiger partial charge >= 0.3 is 0 Å². The summed E-state index contributed by atoms with van der Waals surface area (Å²) in [6.07, 6.45) is 0. The Morgan fingerprint density at radius 3 is 2.78 bits per heavy atom. The molecule has 3 aromatic rings. The van der Waals surface area contributed by atoms with Gasteiger partial charge in [0.05, 0.1) is 16.3 Å². The Morgan fingerprint density at radius 2 is 2.04 bits per heavy atom. The molecule has 2 aromatic carbocycles. The van der Waals surface area contributed by atoms with Crippen LogP contribution >= 0.6 is 55.2 Å². The van der Waals surface area contributed by atoms with E-state index in [2.05, 4.69) is 47.4 Å². The van der Waals surface area contributed by atoms with Crippen molar-refractivity contribution in [3.63, 3.8) is 0 Å². The number of aromatic hydroxyl groups is 1. The Morgan fingerprint density at radius 1 is 1.26 bits per heavy atom. The molecular weight excluding hydrogens is 520 g/mol. The van der Waals surface area contributed by atoms with Crippen molar-refractivity contribution < 1.29 is 9.90 Å². The summed E-state index contributed by atoms with van der Waals surface area (Å²) in [4.78, 5) is 12.2. The van der Waals surface area contributed by atoms with Gasteiger partial charge in [0.15, 0.2) is 11.0 Å². The number of carbonyl (C=O) groups excluding carboxylic acids is 1. The first kappa shape index (κ1) is 20.2. The van der Waals surface area contributed by atoms with Crippen LogP contribution in [0.5, 0.6) is 5.75 Å². The van der Waals surface area contributed by atoms with E-state index in [1.807, 2.05) is 0 Å². The zero-order valence-electron chi connectivity index (χ0n) is 13.9. The zero-order chi connectivity index (χ0) is 19.6. The minimum absolute atomic E-state index is 0.107. The SMILES string of the molecule is Cn1c(SCC(=O)Nc2ccc(Br)c(Cl)c2)nnc1-c1cc(Br)ccc1O. The molecule has 2 N–H and O–H groups in total. The number of halogens is 3. The van der Waals surface area contributed by atoms with Crippen molar-refractivity contribution in [2.75, 3.05) is 11.1 Å². The molecule has 0 saturated heterocycles. The minimum atomic E-state index is -0.187. The van der Waals surface area contributed by atoms with Crippen LogP contribution in [0.4, 0.5) is 5.69 Å². The van der Waals surface area contributed by atoms with Gasteiger partial charge in [-0.2, -0.15) is 0 Å². The fourth-order valence-electron chi connectivity index (χ4n) is 2.26. The molecule has 0 aliphatic heterocycles. The maximum Gasteiger partial charge on any atom is 0.234 e. The predicted octanol–water partition coefficient (Wildman–Crippen LogP) is 5.10. The monoisotopic (exact) mass is 530 g/mol. The van der Waals surface area contributed by atoms with Crippen LogP contribution < -0.4 is 5.32 Å². The quantitative estimate of drug-likeness (QED) is 0.447. The van der Waals surface area contributed by atoms with E-state index in [4.69, 9.17) is 11.6 Å². The standard InChI is InChI=1S/C17H13Br2ClN4O2S/c1-24-16(11-6-9(18)2-5-14(11)25)22-23-17(24)27-8-15(26)21-10-3-4-12(19)13(20)7-10/h2-7,25H,8H2,1H3,(H,21,26). The molecule has 1 amide bonds. The fraction of sp³-hybridized carbons (Fsp3) is 0.118. The molecule has 27 heavy (non-hydrogen) atoms. The van der Waals surface area contributed by atoms with E-state index in [0.29, 0.717) is 27.3 Å². The number of benzene rings is 2.